The lowest BCUT2D eigenvalue weighted by atomic mass is 10.1. The fraction of sp³-hybridized carbons (Fsp3) is 0.625. The molecule has 1 amide bonds. The van der Waals surface area contributed by atoms with Crippen LogP contribution in [0.25, 0.3) is 0 Å². The number of halogens is 1. The molecule has 1 N–H and O–H groups in total. The van der Waals surface area contributed by atoms with E-state index in [4.69, 9.17) is 11.6 Å². The molecule has 1 aliphatic carbocycles. The number of pyridine rings is 1. The summed E-state index contributed by atoms with van der Waals surface area (Å²) in [5.74, 6) is -0.194. The van der Waals surface area contributed by atoms with Gasteiger partial charge in [-0.05, 0) is 37.8 Å². The number of hydrogen-bond acceptors (Lipinski definition) is 4. The van der Waals surface area contributed by atoms with Gasteiger partial charge in [0.05, 0.1) is 5.25 Å². The number of sulfonamides is 1. The van der Waals surface area contributed by atoms with E-state index < -0.39 is 15.3 Å². The van der Waals surface area contributed by atoms with Crippen LogP contribution in [-0.4, -0.2) is 48.6 Å². The van der Waals surface area contributed by atoms with Crippen LogP contribution in [0.1, 0.15) is 48.9 Å². The van der Waals surface area contributed by atoms with Crippen LogP contribution in [0.5, 0.6) is 0 Å². The highest BCUT2D eigenvalue weighted by Crippen LogP contribution is 2.23. The minimum absolute atomic E-state index is 0.0556. The quantitative estimate of drug-likeness (QED) is 0.823. The highest BCUT2D eigenvalue weighted by Gasteiger charge is 2.34. The maximum absolute atomic E-state index is 12.6. The van der Waals surface area contributed by atoms with Gasteiger partial charge in [-0.3, -0.25) is 4.79 Å². The second kappa shape index (κ2) is 7.37. The minimum Gasteiger partial charge on any atom is -0.337 e. The normalized spacial score (nSPS) is 22.7. The Balaban J connectivity index is 1.68. The molecule has 1 unspecified atom stereocenters. The lowest BCUT2D eigenvalue weighted by Crippen LogP contribution is -2.49. The predicted molar refractivity (Wildman–Crippen MR) is 92.5 cm³/mol. The standard InChI is InChI=1S/C16H22ClN3O3S/c17-15-10-12(7-8-18-15)16(21)20-9-3-6-14(11-20)24(22,23)19-13-4-1-2-5-13/h7-8,10,13-14,19H,1-6,9,11H2. The molecular weight excluding hydrogens is 350 g/mol. The van der Waals surface area contributed by atoms with E-state index in [2.05, 4.69) is 9.71 Å². The molecule has 0 bridgehead atoms. The van der Waals surface area contributed by atoms with E-state index in [1.54, 1.807) is 11.0 Å². The molecule has 2 fully saturated rings. The fourth-order valence-electron chi connectivity index (χ4n) is 3.47. The monoisotopic (exact) mass is 371 g/mol. The van der Waals surface area contributed by atoms with E-state index in [0.29, 0.717) is 24.9 Å². The predicted octanol–water partition coefficient (Wildman–Crippen LogP) is 2.20. The van der Waals surface area contributed by atoms with Crippen molar-refractivity contribution in [3.63, 3.8) is 0 Å². The van der Waals surface area contributed by atoms with Gasteiger partial charge in [0.2, 0.25) is 10.0 Å². The van der Waals surface area contributed by atoms with Crippen LogP contribution < -0.4 is 4.72 Å². The molecule has 1 saturated heterocycles. The van der Waals surface area contributed by atoms with E-state index >= 15 is 0 Å². The highest BCUT2D eigenvalue weighted by molar-refractivity contribution is 7.90. The van der Waals surface area contributed by atoms with Crippen molar-refractivity contribution in [2.75, 3.05) is 13.1 Å². The van der Waals surface area contributed by atoms with Gasteiger partial charge in [-0.15, -0.1) is 0 Å². The van der Waals surface area contributed by atoms with E-state index in [9.17, 15) is 13.2 Å². The average Bonchev–Trinajstić information content (AvgIpc) is 3.06. The first-order valence-corrected chi connectivity index (χ1v) is 10.3. The number of rotatable bonds is 4. The van der Waals surface area contributed by atoms with Crippen molar-refractivity contribution in [3.05, 3.63) is 29.0 Å². The summed E-state index contributed by atoms with van der Waals surface area (Å²) >= 11 is 5.84. The van der Waals surface area contributed by atoms with Crippen molar-refractivity contribution < 1.29 is 13.2 Å². The maximum atomic E-state index is 12.6. The van der Waals surface area contributed by atoms with E-state index in [1.807, 2.05) is 0 Å². The molecule has 1 aromatic heterocycles. The summed E-state index contributed by atoms with van der Waals surface area (Å²) in [5, 5.41) is -0.293. The Morgan fingerprint density at radius 1 is 1.25 bits per heavy atom. The Kier molecular flexibility index (Phi) is 5.42. The summed E-state index contributed by atoms with van der Waals surface area (Å²) in [6.45, 7) is 0.787. The smallest absolute Gasteiger partial charge is 0.254 e. The molecule has 24 heavy (non-hydrogen) atoms. The van der Waals surface area contributed by atoms with E-state index in [0.717, 1.165) is 25.7 Å². The van der Waals surface area contributed by atoms with Gasteiger partial charge in [0, 0.05) is 30.9 Å². The lowest BCUT2D eigenvalue weighted by Gasteiger charge is -2.33. The maximum Gasteiger partial charge on any atom is 0.254 e. The number of hydrogen-bond donors (Lipinski definition) is 1. The van der Waals surface area contributed by atoms with Crippen LogP contribution in [0.4, 0.5) is 0 Å². The number of carbonyl (C=O) groups is 1. The lowest BCUT2D eigenvalue weighted by molar-refractivity contribution is 0.0726. The van der Waals surface area contributed by atoms with Crippen molar-refractivity contribution in [1.29, 1.82) is 0 Å². The molecule has 1 aromatic rings. The Morgan fingerprint density at radius 2 is 2.00 bits per heavy atom. The first-order valence-electron chi connectivity index (χ1n) is 8.38. The topological polar surface area (TPSA) is 79.4 Å². The molecule has 1 saturated carbocycles. The number of amides is 1. The molecule has 132 valence electrons. The van der Waals surface area contributed by atoms with Gasteiger partial charge >= 0.3 is 0 Å². The van der Waals surface area contributed by atoms with Crippen molar-refractivity contribution >= 4 is 27.5 Å². The third kappa shape index (κ3) is 4.07. The Hall–Kier alpha value is -1.18. The van der Waals surface area contributed by atoms with Crippen LogP contribution in [0.15, 0.2) is 18.3 Å². The van der Waals surface area contributed by atoms with Crippen molar-refractivity contribution in [2.24, 2.45) is 0 Å². The number of carbonyl (C=O) groups excluding carboxylic acids is 1. The van der Waals surface area contributed by atoms with Crippen LogP contribution >= 0.6 is 11.6 Å². The molecule has 2 aliphatic rings. The van der Waals surface area contributed by atoms with Crippen LogP contribution in [0.2, 0.25) is 5.15 Å². The van der Waals surface area contributed by atoms with E-state index in [-0.39, 0.29) is 23.6 Å². The Morgan fingerprint density at radius 3 is 2.71 bits per heavy atom. The molecule has 0 aromatic carbocycles. The number of piperidine rings is 1. The second-order valence-electron chi connectivity index (χ2n) is 6.53. The zero-order valence-corrected chi connectivity index (χ0v) is 15.0. The molecule has 3 rings (SSSR count). The molecule has 1 aliphatic heterocycles. The number of nitrogens with one attached hydrogen (secondary N) is 1. The first-order chi connectivity index (χ1) is 11.5. The molecule has 0 spiro atoms. The molecule has 8 heteroatoms. The summed E-state index contributed by atoms with van der Waals surface area (Å²) in [6.07, 6.45) is 6.71. The summed E-state index contributed by atoms with van der Waals surface area (Å²) < 4.78 is 28.1. The van der Waals surface area contributed by atoms with Gasteiger partial charge in [-0.2, -0.15) is 0 Å². The summed E-state index contributed by atoms with van der Waals surface area (Å²) in [4.78, 5) is 18.1. The molecule has 1 atom stereocenters. The number of nitrogens with zero attached hydrogens (tertiary/aromatic N) is 2. The van der Waals surface area contributed by atoms with Crippen LogP contribution in [0, 0.1) is 0 Å². The largest absolute Gasteiger partial charge is 0.337 e. The third-order valence-corrected chi connectivity index (χ3v) is 6.89. The highest BCUT2D eigenvalue weighted by atomic mass is 35.5. The van der Waals surface area contributed by atoms with Crippen LogP contribution in [0.3, 0.4) is 0 Å². The first kappa shape index (κ1) is 17.6. The average molecular weight is 372 g/mol. The van der Waals surface area contributed by atoms with E-state index in [1.165, 1.54) is 12.3 Å². The summed E-state index contributed by atoms with van der Waals surface area (Å²) in [7, 11) is -3.41. The van der Waals surface area contributed by atoms with Gasteiger partial charge in [0.25, 0.3) is 5.91 Å². The molecular formula is C16H22ClN3O3S. The fourth-order valence-corrected chi connectivity index (χ4v) is 5.39. The minimum atomic E-state index is -3.41. The SMILES string of the molecule is O=C(c1ccnc(Cl)c1)N1CCCC(S(=O)(=O)NC2CCCC2)C1. The zero-order valence-electron chi connectivity index (χ0n) is 13.4. The van der Waals surface area contributed by atoms with Crippen LogP contribution in [-0.2, 0) is 10.0 Å². The van der Waals surface area contributed by atoms with Crippen molar-refractivity contribution in [1.82, 2.24) is 14.6 Å². The van der Waals surface area contributed by atoms with Crippen molar-refractivity contribution in [3.8, 4) is 0 Å². The summed E-state index contributed by atoms with van der Waals surface area (Å²) in [5.41, 5.74) is 0.441. The zero-order chi connectivity index (χ0) is 17.2. The molecule has 0 radical (unpaired) electrons. The second-order valence-corrected chi connectivity index (χ2v) is 8.91. The number of likely N-dealkylation sites (tertiary alicyclic amines) is 1. The van der Waals surface area contributed by atoms with Crippen molar-refractivity contribution in [2.45, 2.75) is 49.8 Å². The summed E-state index contributed by atoms with van der Waals surface area (Å²) in [6, 6.07) is 3.17. The van der Waals surface area contributed by atoms with Gasteiger partial charge < -0.3 is 4.90 Å². The van der Waals surface area contributed by atoms with Gasteiger partial charge in [-0.25, -0.2) is 18.1 Å². The molecule has 2 heterocycles. The molecule has 6 nitrogen and oxygen atoms in total. The van der Waals surface area contributed by atoms with Gasteiger partial charge in [0.15, 0.2) is 0 Å². The third-order valence-electron chi connectivity index (χ3n) is 4.76. The van der Waals surface area contributed by atoms with Gasteiger partial charge in [-0.1, -0.05) is 24.4 Å². The van der Waals surface area contributed by atoms with Gasteiger partial charge in [0.1, 0.15) is 5.15 Å². The Bertz CT molecular complexity index is 704. The number of aromatic nitrogens is 1. The Labute approximate surface area is 147 Å².